The van der Waals surface area contributed by atoms with Crippen molar-refractivity contribution >= 4 is 31.2 Å². The SMILES string of the molecule is COc1cc(S(=O)(=O)Cl)ccc1N1Cc2c(C)nn(C3CCCCC3)c2[NH+]([O-])C1. The number of aromatic nitrogens is 2. The number of quaternary nitrogens is 1. The van der Waals surface area contributed by atoms with Crippen LogP contribution in [-0.2, 0) is 15.6 Å². The molecule has 10 heteroatoms. The molecule has 1 aliphatic carbocycles. The molecule has 8 nitrogen and oxygen atoms in total. The van der Waals surface area contributed by atoms with E-state index in [2.05, 4.69) is 0 Å². The van der Waals surface area contributed by atoms with Crippen molar-refractivity contribution in [1.82, 2.24) is 9.78 Å². The minimum atomic E-state index is -3.86. The molecular weight excluding hydrogens is 416 g/mol. The maximum atomic E-state index is 13.1. The van der Waals surface area contributed by atoms with Crippen molar-refractivity contribution in [1.29, 1.82) is 0 Å². The highest BCUT2D eigenvalue weighted by Gasteiger charge is 2.33. The lowest BCUT2D eigenvalue weighted by Crippen LogP contribution is -3.06. The highest BCUT2D eigenvalue weighted by atomic mass is 35.7. The minimum Gasteiger partial charge on any atom is -0.626 e. The van der Waals surface area contributed by atoms with Gasteiger partial charge in [0.25, 0.3) is 9.05 Å². The van der Waals surface area contributed by atoms with Gasteiger partial charge in [0.15, 0.2) is 6.67 Å². The Kier molecular flexibility index (Phi) is 5.50. The van der Waals surface area contributed by atoms with Crippen molar-refractivity contribution in [3.05, 3.63) is 34.7 Å². The van der Waals surface area contributed by atoms with Crippen LogP contribution in [0.3, 0.4) is 0 Å². The number of hydroxylamine groups is 1. The Morgan fingerprint density at radius 1 is 1.28 bits per heavy atom. The van der Waals surface area contributed by atoms with E-state index in [1.807, 2.05) is 16.5 Å². The van der Waals surface area contributed by atoms with Crippen molar-refractivity contribution in [3.63, 3.8) is 0 Å². The number of halogens is 1. The fraction of sp³-hybridized carbons (Fsp3) is 0.526. The predicted molar refractivity (Wildman–Crippen MR) is 110 cm³/mol. The third-order valence-electron chi connectivity index (χ3n) is 5.85. The van der Waals surface area contributed by atoms with Gasteiger partial charge < -0.3 is 19.9 Å². The zero-order chi connectivity index (χ0) is 20.8. The fourth-order valence-electron chi connectivity index (χ4n) is 4.39. The summed E-state index contributed by atoms with van der Waals surface area (Å²) in [6.07, 6.45) is 5.71. The quantitative estimate of drug-likeness (QED) is 0.580. The molecule has 4 rings (SSSR count). The molecule has 158 valence electrons. The normalized spacial score (nSPS) is 20.6. The summed E-state index contributed by atoms with van der Waals surface area (Å²) in [5, 5.41) is 17.9. The number of aryl methyl sites for hydroxylation is 1. The van der Waals surface area contributed by atoms with Crippen molar-refractivity contribution in [2.75, 3.05) is 18.7 Å². The molecule has 0 bridgehead atoms. The Labute approximate surface area is 175 Å². The van der Waals surface area contributed by atoms with Crippen LogP contribution in [-0.4, -0.2) is 32.0 Å². The number of benzene rings is 1. The van der Waals surface area contributed by atoms with Gasteiger partial charge in [-0.2, -0.15) is 5.10 Å². The molecule has 0 spiro atoms. The van der Waals surface area contributed by atoms with E-state index in [9.17, 15) is 13.6 Å². The van der Waals surface area contributed by atoms with Gasteiger partial charge in [0.2, 0.25) is 5.82 Å². The van der Waals surface area contributed by atoms with E-state index in [0.717, 1.165) is 29.9 Å². The summed E-state index contributed by atoms with van der Waals surface area (Å²) in [5.41, 5.74) is 2.45. The first-order valence-corrected chi connectivity index (χ1v) is 12.1. The first-order chi connectivity index (χ1) is 13.8. The number of fused-ring (bicyclic) bond motifs is 1. The molecule has 2 aliphatic rings. The molecule has 0 saturated heterocycles. The number of rotatable bonds is 4. The van der Waals surface area contributed by atoms with E-state index in [-0.39, 0.29) is 16.6 Å². The van der Waals surface area contributed by atoms with Crippen LogP contribution in [0.25, 0.3) is 0 Å². The van der Waals surface area contributed by atoms with Gasteiger partial charge in [0.05, 0.1) is 41.5 Å². The second kappa shape index (κ2) is 7.79. The van der Waals surface area contributed by atoms with E-state index in [4.69, 9.17) is 20.5 Å². The Morgan fingerprint density at radius 2 is 2.00 bits per heavy atom. The van der Waals surface area contributed by atoms with E-state index >= 15 is 0 Å². The lowest BCUT2D eigenvalue weighted by Gasteiger charge is -2.37. The van der Waals surface area contributed by atoms with Crippen LogP contribution in [0.15, 0.2) is 23.1 Å². The van der Waals surface area contributed by atoms with Gasteiger partial charge in [0, 0.05) is 16.7 Å². The Bertz CT molecular complexity index is 1020. The third-order valence-corrected chi connectivity index (χ3v) is 7.20. The molecule has 1 unspecified atom stereocenters. The molecular formula is C19H25ClN4O4S. The second-order valence-corrected chi connectivity index (χ2v) is 10.3. The molecule has 1 atom stereocenters. The van der Waals surface area contributed by atoms with Crippen LogP contribution in [0, 0.1) is 12.1 Å². The smallest absolute Gasteiger partial charge is 0.261 e. The molecule has 1 aromatic carbocycles. The maximum Gasteiger partial charge on any atom is 0.261 e. The summed E-state index contributed by atoms with van der Waals surface area (Å²) in [4.78, 5) is 1.86. The second-order valence-electron chi connectivity index (χ2n) is 7.70. The first kappa shape index (κ1) is 20.5. The Morgan fingerprint density at radius 3 is 2.66 bits per heavy atom. The summed E-state index contributed by atoms with van der Waals surface area (Å²) >= 11 is 0. The lowest BCUT2D eigenvalue weighted by molar-refractivity contribution is -0.782. The standard InChI is InChI=1S/C19H25ClN4O4S/c1-13-16-11-22(17-9-8-15(29(20,26)27)10-18(17)28-2)12-23(25)19(16)24(21-13)14-6-4-3-5-7-14/h8-10,14,23H,3-7,11-12H2,1-2H3. The number of hydrogen-bond acceptors (Lipinski definition) is 6. The summed E-state index contributed by atoms with van der Waals surface area (Å²) in [6, 6.07) is 4.74. The van der Waals surface area contributed by atoms with Gasteiger partial charge in [-0.3, -0.25) is 0 Å². The van der Waals surface area contributed by atoms with Gasteiger partial charge in [0.1, 0.15) is 5.75 Å². The topological polar surface area (TPSA) is 91.9 Å². The third kappa shape index (κ3) is 3.84. The van der Waals surface area contributed by atoms with Crippen LogP contribution in [0.1, 0.15) is 49.4 Å². The first-order valence-electron chi connectivity index (χ1n) is 9.78. The van der Waals surface area contributed by atoms with Crippen LogP contribution in [0.5, 0.6) is 5.75 Å². The van der Waals surface area contributed by atoms with Crippen LogP contribution >= 0.6 is 10.7 Å². The molecule has 29 heavy (non-hydrogen) atoms. The highest BCUT2D eigenvalue weighted by Crippen LogP contribution is 2.36. The van der Waals surface area contributed by atoms with E-state index in [1.54, 1.807) is 6.07 Å². The molecule has 0 amide bonds. The number of anilines is 1. The molecule has 1 N–H and O–H groups in total. The molecule has 2 aromatic rings. The number of nitrogens with zero attached hydrogens (tertiary/aromatic N) is 3. The average molecular weight is 441 g/mol. The summed E-state index contributed by atoms with van der Waals surface area (Å²) < 4.78 is 30.6. The molecule has 1 aliphatic heterocycles. The Balaban J connectivity index is 1.69. The van der Waals surface area contributed by atoms with Gasteiger partial charge in [-0.25, -0.2) is 13.1 Å². The molecule has 2 heterocycles. The largest absolute Gasteiger partial charge is 0.626 e. The number of nitrogens with one attached hydrogen (secondary N) is 1. The monoisotopic (exact) mass is 440 g/mol. The average Bonchev–Trinajstić information content (AvgIpc) is 3.04. The number of hydrogen-bond donors (Lipinski definition) is 1. The van der Waals surface area contributed by atoms with Crippen LogP contribution < -0.4 is 14.7 Å². The summed E-state index contributed by atoms with van der Waals surface area (Å²) in [5.74, 6) is 1.09. The number of ether oxygens (including phenoxy) is 1. The predicted octanol–water partition coefficient (Wildman–Crippen LogP) is 2.62. The Hall–Kier alpha value is -1.81. The zero-order valence-electron chi connectivity index (χ0n) is 16.5. The minimum absolute atomic E-state index is 0.0218. The van der Waals surface area contributed by atoms with Crippen molar-refractivity contribution in [2.45, 2.75) is 56.5 Å². The van der Waals surface area contributed by atoms with Crippen LogP contribution in [0.4, 0.5) is 11.5 Å². The van der Waals surface area contributed by atoms with E-state index in [0.29, 0.717) is 24.0 Å². The fourth-order valence-corrected chi connectivity index (χ4v) is 5.16. The van der Waals surface area contributed by atoms with Crippen molar-refractivity contribution in [2.24, 2.45) is 0 Å². The molecule has 1 aromatic heterocycles. The van der Waals surface area contributed by atoms with Gasteiger partial charge in [-0.1, -0.05) is 19.3 Å². The highest BCUT2D eigenvalue weighted by molar-refractivity contribution is 8.13. The van der Waals surface area contributed by atoms with Crippen molar-refractivity contribution in [3.8, 4) is 5.75 Å². The maximum absolute atomic E-state index is 13.1. The van der Waals surface area contributed by atoms with Gasteiger partial charge in [-0.15, -0.1) is 0 Å². The van der Waals surface area contributed by atoms with E-state index < -0.39 is 9.05 Å². The lowest BCUT2D eigenvalue weighted by atomic mass is 9.95. The van der Waals surface area contributed by atoms with Gasteiger partial charge in [-0.05, 0) is 31.9 Å². The number of methoxy groups -OCH3 is 1. The van der Waals surface area contributed by atoms with E-state index in [1.165, 1.54) is 38.5 Å². The summed E-state index contributed by atoms with van der Waals surface area (Å²) in [7, 11) is 3.05. The van der Waals surface area contributed by atoms with Gasteiger partial charge >= 0.3 is 0 Å². The van der Waals surface area contributed by atoms with Crippen LogP contribution in [0.2, 0.25) is 0 Å². The zero-order valence-corrected chi connectivity index (χ0v) is 18.1. The van der Waals surface area contributed by atoms with Crippen molar-refractivity contribution < 1.29 is 18.2 Å². The summed E-state index contributed by atoms with van der Waals surface area (Å²) in [6.45, 7) is 2.65. The molecule has 1 fully saturated rings. The molecule has 0 radical (unpaired) electrons. The molecule has 1 saturated carbocycles.